The van der Waals surface area contributed by atoms with Crippen molar-refractivity contribution in [1.82, 2.24) is 0 Å². The van der Waals surface area contributed by atoms with Crippen LogP contribution in [-0.2, 0) is 4.79 Å². The number of rotatable bonds is 4. The van der Waals surface area contributed by atoms with Gasteiger partial charge in [-0.15, -0.1) is 11.8 Å². The standard InChI is InChI=1S/C10H9F4NOS/c1-17-7-4-2-3-6(5-7)15-9(16)10(13,14)8(11)12/h2-5,8H,1H3,(H,15,16). The molecule has 1 rings (SSSR count). The van der Waals surface area contributed by atoms with Crippen LogP contribution in [0.5, 0.6) is 0 Å². The number of alkyl halides is 4. The molecule has 0 heterocycles. The largest absolute Gasteiger partial charge is 0.383 e. The SMILES string of the molecule is CSc1cccc(NC(=O)C(F)(F)C(F)F)c1. The third-order valence-corrected chi connectivity index (χ3v) is 2.63. The Morgan fingerprint density at radius 1 is 1.41 bits per heavy atom. The minimum Gasteiger partial charge on any atom is -0.321 e. The molecule has 1 aromatic rings. The van der Waals surface area contributed by atoms with E-state index in [1.54, 1.807) is 17.6 Å². The van der Waals surface area contributed by atoms with Crippen molar-refractivity contribution in [3.63, 3.8) is 0 Å². The molecular weight excluding hydrogens is 258 g/mol. The number of halogens is 4. The molecule has 0 saturated heterocycles. The number of nitrogens with one attached hydrogen (secondary N) is 1. The molecule has 7 heteroatoms. The van der Waals surface area contributed by atoms with Gasteiger partial charge in [-0.3, -0.25) is 4.79 Å². The topological polar surface area (TPSA) is 29.1 Å². The predicted molar refractivity (Wildman–Crippen MR) is 57.8 cm³/mol. The fourth-order valence-corrected chi connectivity index (χ4v) is 1.47. The Hall–Kier alpha value is -1.24. The molecule has 2 nitrogen and oxygen atoms in total. The molecular formula is C10H9F4NOS. The van der Waals surface area contributed by atoms with Gasteiger partial charge in [-0.05, 0) is 24.5 Å². The van der Waals surface area contributed by atoms with Crippen LogP contribution in [0.15, 0.2) is 29.2 Å². The minimum atomic E-state index is -4.69. The van der Waals surface area contributed by atoms with Crippen molar-refractivity contribution < 1.29 is 22.4 Å². The summed E-state index contributed by atoms with van der Waals surface area (Å²) < 4.78 is 49.1. The fourth-order valence-electron chi connectivity index (χ4n) is 1.01. The van der Waals surface area contributed by atoms with Crippen LogP contribution < -0.4 is 5.32 Å². The molecule has 0 bridgehead atoms. The van der Waals surface area contributed by atoms with Crippen molar-refractivity contribution in [3.8, 4) is 0 Å². The second kappa shape index (κ2) is 5.39. The second-order valence-corrected chi connectivity index (χ2v) is 3.99. The Labute approximate surface area is 99.4 Å². The predicted octanol–water partition coefficient (Wildman–Crippen LogP) is 3.25. The van der Waals surface area contributed by atoms with Crippen molar-refractivity contribution in [1.29, 1.82) is 0 Å². The fraction of sp³-hybridized carbons (Fsp3) is 0.300. The summed E-state index contributed by atoms with van der Waals surface area (Å²) in [7, 11) is 0. The van der Waals surface area contributed by atoms with Crippen LogP contribution in [-0.4, -0.2) is 24.5 Å². The molecule has 0 aliphatic rings. The molecule has 0 fully saturated rings. The van der Waals surface area contributed by atoms with Crippen LogP contribution in [0.3, 0.4) is 0 Å². The Morgan fingerprint density at radius 3 is 2.59 bits per heavy atom. The number of carbonyl (C=O) groups excluding carboxylic acids is 1. The Kier molecular flexibility index (Phi) is 4.39. The molecule has 94 valence electrons. The van der Waals surface area contributed by atoms with Crippen LogP contribution in [0.4, 0.5) is 23.2 Å². The van der Waals surface area contributed by atoms with E-state index in [-0.39, 0.29) is 5.69 Å². The van der Waals surface area contributed by atoms with Crippen molar-refractivity contribution in [2.45, 2.75) is 17.2 Å². The van der Waals surface area contributed by atoms with Crippen LogP contribution >= 0.6 is 11.8 Å². The Morgan fingerprint density at radius 2 is 2.06 bits per heavy atom. The van der Waals surface area contributed by atoms with Crippen molar-refractivity contribution in [2.75, 3.05) is 11.6 Å². The number of carbonyl (C=O) groups is 1. The molecule has 0 radical (unpaired) electrons. The molecule has 0 unspecified atom stereocenters. The molecule has 1 N–H and O–H groups in total. The van der Waals surface area contributed by atoms with Gasteiger partial charge in [-0.1, -0.05) is 6.07 Å². The van der Waals surface area contributed by atoms with E-state index in [0.717, 1.165) is 4.90 Å². The maximum Gasteiger partial charge on any atom is 0.383 e. The monoisotopic (exact) mass is 267 g/mol. The maximum absolute atomic E-state index is 12.6. The van der Waals surface area contributed by atoms with Crippen molar-refractivity contribution in [3.05, 3.63) is 24.3 Å². The molecule has 0 aliphatic heterocycles. The zero-order valence-corrected chi connectivity index (χ0v) is 9.53. The number of hydrogen-bond acceptors (Lipinski definition) is 2. The van der Waals surface area contributed by atoms with Gasteiger partial charge in [0.2, 0.25) is 0 Å². The van der Waals surface area contributed by atoms with Crippen LogP contribution in [0, 0.1) is 0 Å². The second-order valence-electron chi connectivity index (χ2n) is 3.11. The summed E-state index contributed by atoms with van der Waals surface area (Å²) in [6.45, 7) is 0. The summed E-state index contributed by atoms with van der Waals surface area (Å²) in [5.41, 5.74) is 0.0576. The summed E-state index contributed by atoms with van der Waals surface area (Å²) in [4.78, 5) is 11.7. The van der Waals surface area contributed by atoms with Gasteiger partial charge in [0.25, 0.3) is 0 Å². The maximum atomic E-state index is 12.6. The van der Waals surface area contributed by atoms with E-state index in [1.807, 2.05) is 0 Å². The number of thioether (sulfide) groups is 1. The summed E-state index contributed by atoms with van der Waals surface area (Å²) in [6, 6.07) is 6.00. The lowest BCUT2D eigenvalue weighted by molar-refractivity contribution is -0.163. The molecule has 1 amide bonds. The zero-order chi connectivity index (χ0) is 13.1. The zero-order valence-electron chi connectivity index (χ0n) is 8.72. The van der Waals surface area contributed by atoms with E-state index in [9.17, 15) is 22.4 Å². The quantitative estimate of drug-likeness (QED) is 0.670. The highest BCUT2D eigenvalue weighted by Crippen LogP contribution is 2.25. The van der Waals surface area contributed by atoms with E-state index < -0.39 is 18.3 Å². The molecule has 1 aromatic carbocycles. The normalized spacial score (nSPS) is 11.6. The molecule has 0 aromatic heterocycles. The third-order valence-electron chi connectivity index (χ3n) is 1.90. The first-order valence-electron chi connectivity index (χ1n) is 4.49. The molecule has 0 spiro atoms. The van der Waals surface area contributed by atoms with Crippen LogP contribution in [0.1, 0.15) is 0 Å². The molecule has 17 heavy (non-hydrogen) atoms. The van der Waals surface area contributed by atoms with Gasteiger partial charge in [0.05, 0.1) is 0 Å². The summed E-state index contributed by atoms with van der Waals surface area (Å²) in [5.74, 6) is -6.69. The first-order valence-corrected chi connectivity index (χ1v) is 5.72. The highest BCUT2D eigenvalue weighted by atomic mass is 32.2. The molecule has 0 atom stereocenters. The average Bonchev–Trinajstić information content (AvgIpc) is 2.29. The summed E-state index contributed by atoms with van der Waals surface area (Å²) in [6.07, 6.45) is -2.26. The van der Waals surface area contributed by atoms with E-state index in [0.29, 0.717) is 0 Å². The highest BCUT2D eigenvalue weighted by molar-refractivity contribution is 7.98. The van der Waals surface area contributed by atoms with Gasteiger partial charge in [-0.25, -0.2) is 8.78 Å². The van der Waals surface area contributed by atoms with Gasteiger partial charge >= 0.3 is 18.3 Å². The first-order chi connectivity index (χ1) is 7.87. The summed E-state index contributed by atoms with van der Waals surface area (Å²) in [5, 5.41) is 1.76. The summed E-state index contributed by atoms with van der Waals surface area (Å²) >= 11 is 1.34. The van der Waals surface area contributed by atoms with Crippen LogP contribution in [0.25, 0.3) is 0 Å². The first kappa shape index (κ1) is 13.8. The van der Waals surface area contributed by atoms with Gasteiger partial charge in [-0.2, -0.15) is 8.78 Å². The van der Waals surface area contributed by atoms with E-state index >= 15 is 0 Å². The van der Waals surface area contributed by atoms with Crippen molar-refractivity contribution in [2.24, 2.45) is 0 Å². The minimum absolute atomic E-state index is 0.0576. The third kappa shape index (κ3) is 3.36. The van der Waals surface area contributed by atoms with Gasteiger partial charge in [0.1, 0.15) is 0 Å². The molecule has 0 aliphatic carbocycles. The van der Waals surface area contributed by atoms with Crippen molar-refractivity contribution >= 4 is 23.4 Å². The highest BCUT2D eigenvalue weighted by Gasteiger charge is 2.48. The molecule has 0 saturated carbocycles. The smallest absolute Gasteiger partial charge is 0.321 e. The number of benzene rings is 1. The number of hydrogen-bond donors (Lipinski definition) is 1. The number of amides is 1. The van der Waals surface area contributed by atoms with Crippen LogP contribution in [0.2, 0.25) is 0 Å². The lowest BCUT2D eigenvalue weighted by atomic mass is 10.3. The van der Waals surface area contributed by atoms with E-state index in [1.165, 1.54) is 30.0 Å². The van der Waals surface area contributed by atoms with Gasteiger partial charge in [0, 0.05) is 10.6 Å². The lowest BCUT2D eigenvalue weighted by Gasteiger charge is -2.15. The van der Waals surface area contributed by atoms with Gasteiger partial charge < -0.3 is 5.32 Å². The van der Waals surface area contributed by atoms with Gasteiger partial charge in [0.15, 0.2) is 0 Å². The number of anilines is 1. The average molecular weight is 267 g/mol. The van der Waals surface area contributed by atoms with E-state index in [2.05, 4.69) is 0 Å². The lowest BCUT2D eigenvalue weighted by Crippen LogP contribution is -2.40. The Bertz CT molecular complexity index is 411. The van der Waals surface area contributed by atoms with E-state index in [4.69, 9.17) is 0 Å². The Balaban J connectivity index is 2.81.